The average Bonchev–Trinajstić information content (AvgIpc) is 2.46. The summed E-state index contributed by atoms with van der Waals surface area (Å²) < 4.78 is 0. The zero-order valence-corrected chi connectivity index (χ0v) is 13.6. The Morgan fingerprint density at radius 2 is 1.48 bits per heavy atom. The molecule has 1 aliphatic carbocycles. The molecule has 0 radical (unpaired) electrons. The zero-order valence-electron chi connectivity index (χ0n) is 13.6. The van der Waals surface area contributed by atoms with E-state index in [1.54, 1.807) is 0 Å². The van der Waals surface area contributed by atoms with E-state index in [1.165, 1.54) is 50.5 Å². The third-order valence-electron chi connectivity index (χ3n) is 4.69. The lowest BCUT2D eigenvalue weighted by molar-refractivity contribution is 0.167. The van der Waals surface area contributed by atoms with Crippen molar-refractivity contribution in [2.75, 3.05) is 6.54 Å². The normalized spacial score (nSPS) is 19.2. The van der Waals surface area contributed by atoms with Gasteiger partial charge < -0.3 is 10.4 Å². The molecule has 21 heavy (non-hydrogen) atoms. The molecule has 0 aromatic heterocycles. The van der Waals surface area contributed by atoms with Crippen molar-refractivity contribution in [1.29, 1.82) is 0 Å². The Hall–Kier alpha value is -0.860. The predicted molar refractivity (Wildman–Crippen MR) is 89.6 cm³/mol. The molecule has 1 aromatic carbocycles. The van der Waals surface area contributed by atoms with E-state index in [0.717, 1.165) is 5.56 Å². The van der Waals surface area contributed by atoms with Crippen LogP contribution in [0.15, 0.2) is 24.3 Å². The minimum absolute atomic E-state index is 0.392. The number of aliphatic hydroxyl groups excluding tert-OH is 1. The van der Waals surface area contributed by atoms with E-state index < -0.39 is 6.10 Å². The van der Waals surface area contributed by atoms with Crippen LogP contribution in [0.5, 0.6) is 0 Å². The van der Waals surface area contributed by atoms with Crippen molar-refractivity contribution in [3.63, 3.8) is 0 Å². The lowest BCUT2D eigenvalue weighted by Crippen LogP contribution is -2.33. The first-order valence-corrected chi connectivity index (χ1v) is 8.68. The number of hydrogen-bond donors (Lipinski definition) is 2. The molecule has 0 heterocycles. The maximum Gasteiger partial charge on any atom is 0.0914 e. The van der Waals surface area contributed by atoms with Crippen LogP contribution >= 0.6 is 0 Å². The molecule has 1 saturated carbocycles. The summed E-state index contributed by atoms with van der Waals surface area (Å²) in [5.74, 6) is 0.546. The molecular formula is C19H31NO. The summed E-state index contributed by atoms with van der Waals surface area (Å²) in [4.78, 5) is 0. The molecule has 0 spiro atoms. The van der Waals surface area contributed by atoms with E-state index in [4.69, 9.17) is 0 Å². The summed E-state index contributed by atoms with van der Waals surface area (Å²) in [5, 5.41) is 13.9. The SMILES string of the molecule is CC(C)c1ccc(C(O)CNC2CCCCCCC2)cc1. The summed E-state index contributed by atoms with van der Waals surface area (Å²) in [7, 11) is 0. The maximum atomic E-state index is 10.3. The average molecular weight is 289 g/mol. The van der Waals surface area contributed by atoms with Crippen molar-refractivity contribution in [3.8, 4) is 0 Å². The zero-order chi connectivity index (χ0) is 15.1. The number of hydrogen-bond acceptors (Lipinski definition) is 2. The highest BCUT2D eigenvalue weighted by Gasteiger charge is 2.14. The van der Waals surface area contributed by atoms with E-state index in [-0.39, 0.29) is 0 Å². The smallest absolute Gasteiger partial charge is 0.0914 e. The number of nitrogens with one attached hydrogen (secondary N) is 1. The van der Waals surface area contributed by atoms with Gasteiger partial charge in [-0.1, -0.05) is 70.2 Å². The monoisotopic (exact) mass is 289 g/mol. The summed E-state index contributed by atoms with van der Waals surface area (Å²) in [6.07, 6.45) is 8.94. The highest BCUT2D eigenvalue weighted by molar-refractivity contribution is 5.26. The fraction of sp³-hybridized carbons (Fsp3) is 0.684. The second-order valence-electron chi connectivity index (χ2n) is 6.79. The van der Waals surface area contributed by atoms with Gasteiger partial charge in [-0.25, -0.2) is 0 Å². The van der Waals surface area contributed by atoms with Crippen molar-refractivity contribution >= 4 is 0 Å². The Balaban J connectivity index is 1.81. The first-order chi connectivity index (χ1) is 10.2. The Bertz CT molecular complexity index is 391. The van der Waals surface area contributed by atoms with E-state index >= 15 is 0 Å². The van der Waals surface area contributed by atoms with Gasteiger partial charge in [-0.05, 0) is 29.9 Å². The highest BCUT2D eigenvalue weighted by atomic mass is 16.3. The Morgan fingerprint density at radius 3 is 2.05 bits per heavy atom. The van der Waals surface area contributed by atoms with Crippen LogP contribution in [-0.4, -0.2) is 17.7 Å². The van der Waals surface area contributed by atoms with Crippen LogP contribution < -0.4 is 5.32 Å². The predicted octanol–water partition coefficient (Wildman–Crippen LogP) is 4.55. The van der Waals surface area contributed by atoms with Crippen molar-refractivity contribution in [1.82, 2.24) is 5.32 Å². The van der Waals surface area contributed by atoms with Gasteiger partial charge in [0.1, 0.15) is 0 Å². The molecule has 0 aliphatic heterocycles. The maximum absolute atomic E-state index is 10.3. The van der Waals surface area contributed by atoms with Crippen LogP contribution in [0.1, 0.15) is 81.9 Å². The topological polar surface area (TPSA) is 32.3 Å². The molecule has 2 N–H and O–H groups in total. The lowest BCUT2D eigenvalue weighted by atomic mass is 9.96. The molecule has 1 atom stereocenters. The summed E-state index contributed by atoms with van der Waals surface area (Å²) in [6, 6.07) is 9.01. The van der Waals surface area contributed by atoms with Gasteiger partial charge in [0.05, 0.1) is 6.10 Å². The van der Waals surface area contributed by atoms with Crippen LogP contribution in [0.4, 0.5) is 0 Å². The van der Waals surface area contributed by atoms with E-state index in [0.29, 0.717) is 18.5 Å². The Kier molecular flexibility index (Phi) is 6.72. The number of rotatable bonds is 5. The molecule has 1 aromatic rings. The molecule has 0 bridgehead atoms. The minimum Gasteiger partial charge on any atom is -0.387 e. The summed E-state index contributed by atoms with van der Waals surface area (Å²) >= 11 is 0. The molecule has 1 unspecified atom stereocenters. The fourth-order valence-electron chi connectivity index (χ4n) is 3.16. The van der Waals surface area contributed by atoms with Gasteiger partial charge in [0.2, 0.25) is 0 Å². The molecule has 118 valence electrons. The van der Waals surface area contributed by atoms with Crippen molar-refractivity contribution in [3.05, 3.63) is 35.4 Å². The molecular weight excluding hydrogens is 258 g/mol. The van der Waals surface area contributed by atoms with Gasteiger partial charge in [0, 0.05) is 12.6 Å². The third kappa shape index (κ3) is 5.44. The summed E-state index contributed by atoms with van der Waals surface area (Å²) in [5.41, 5.74) is 2.36. The van der Waals surface area contributed by atoms with Gasteiger partial charge in [0.25, 0.3) is 0 Å². The molecule has 2 heteroatoms. The van der Waals surface area contributed by atoms with Crippen molar-refractivity contribution < 1.29 is 5.11 Å². The molecule has 1 fully saturated rings. The number of aliphatic hydroxyl groups is 1. The minimum atomic E-state index is -0.392. The van der Waals surface area contributed by atoms with Crippen molar-refractivity contribution in [2.24, 2.45) is 0 Å². The first kappa shape index (κ1) is 16.5. The van der Waals surface area contributed by atoms with Crippen LogP contribution in [-0.2, 0) is 0 Å². The molecule has 0 saturated heterocycles. The molecule has 0 amide bonds. The Morgan fingerprint density at radius 1 is 0.952 bits per heavy atom. The molecule has 1 aliphatic rings. The standard InChI is InChI=1S/C19H31NO/c1-15(2)16-10-12-17(13-11-16)19(21)14-20-18-8-6-4-3-5-7-9-18/h10-13,15,18-21H,3-9,14H2,1-2H3. The van der Waals surface area contributed by atoms with Crippen LogP contribution in [0.25, 0.3) is 0 Å². The van der Waals surface area contributed by atoms with Crippen LogP contribution in [0, 0.1) is 0 Å². The van der Waals surface area contributed by atoms with E-state index in [9.17, 15) is 5.11 Å². The largest absolute Gasteiger partial charge is 0.387 e. The molecule has 2 nitrogen and oxygen atoms in total. The first-order valence-electron chi connectivity index (χ1n) is 8.68. The quantitative estimate of drug-likeness (QED) is 0.833. The van der Waals surface area contributed by atoms with E-state index in [1.807, 2.05) is 0 Å². The second-order valence-corrected chi connectivity index (χ2v) is 6.79. The lowest BCUT2D eigenvalue weighted by Gasteiger charge is -2.23. The van der Waals surface area contributed by atoms with Gasteiger partial charge in [-0.15, -0.1) is 0 Å². The van der Waals surface area contributed by atoms with Crippen molar-refractivity contribution in [2.45, 2.75) is 76.9 Å². The molecule has 2 rings (SSSR count). The highest BCUT2D eigenvalue weighted by Crippen LogP contribution is 2.20. The van der Waals surface area contributed by atoms with Gasteiger partial charge >= 0.3 is 0 Å². The van der Waals surface area contributed by atoms with Crippen LogP contribution in [0.2, 0.25) is 0 Å². The second kappa shape index (κ2) is 8.55. The third-order valence-corrected chi connectivity index (χ3v) is 4.69. The Labute approximate surface area is 130 Å². The summed E-state index contributed by atoms with van der Waals surface area (Å²) in [6.45, 7) is 5.06. The van der Waals surface area contributed by atoms with Gasteiger partial charge in [0.15, 0.2) is 0 Å². The van der Waals surface area contributed by atoms with E-state index in [2.05, 4.69) is 43.4 Å². The van der Waals surface area contributed by atoms with Crippen LogP contribution in [0.3, 0.4) is 0 Å². The number of benzene rings is 1. The fourth-order valence-corrected chi connectivity index (χ4v) is 3.16. The van der Waals surface area contributed by atoms with Gasteiger partial charge in [-0.2, -0.15) is 0 Å². The van der Waals surface area contributed by atoms with Gasteiger partial charge in [-0.3, -0.25) is 0 Å².